The Hall–Kier alpha value is -0.480. The maximum absolute atomic E-state index is 5.54. The number of rotatable bonds is 3. The van der Waals surface area contributed by atoms with Crippen molar-refractivity contribution in [2.75, 3.05) is 24.6 Å². The van der Waals surface area contributed by atoms with Gasteiger partial charge < -0.3 is 9.73 Å². The van der Waals surface area contributed by atoms with E-state index in [9.17, 15) is 0 Å². The van der Waals surface area contributed by atoms with E-state index in [1.54, 1.807) is 0 Å². The van der Waals surface area contributed by atoms with Crippen LogP contribution in [-0.4, -0.2) is 29.6 Å². The molecule has 2 aliphatic rings. The smallest absolute Gasteiger partial charge is 0.194 e. The van der Waals surface area contributed by atoms with Crippen molar-refractivity contribution in [1.82, 2.24) is 10.3 Å². The predicted molar refractivity (Wildman–Crippen MR) is 61.2 cm³/mol. The Morgan fingerprint density at radius 1 is 1.53 bits per heavy atom. The number of hydrogen-bond donors (Lipinski definition) is 1. The minimum Gasteiger partial charge on any atom is -0.449 e. The zero-order valence-corrected chi connectivity index (χ0v) is 9.55. The Bertz CT molecular complexity index is 329. The first kappa shape index (κ1) is 9.73. The second kappa shape index (κ2) is 4.18. The van der Waals surface area contributed by atoms with Crippen LogP contribution in [0.3, 0.4) is 0 Å². The Morgan fingerprint density at radius 3 is 3.13 bits per heavy atom. The van der Waals surface area contributed by atoms with Gasteiger partial charge in [-0.3, -0.25) is 0 Å². The summed E-state index contributed by atoms with van der Waals surface area (Å²) in [5, 5.41) is 3.27. The van der Waals surface area contributed by atoms with Gasteiger partial charge in [0, 0.05) is 18.1 Å². The third-order valence-corrected chi connectivity index (χ3v) is 4.41. The number of aromatic nitrogens is 1. The van der Waals surface area contributed by atoms with E-state index >= 15 is 0 Å². The lowest BCUT2D eigenvalue weighted by molar-refractivity contribution is 0.318. The fraction of sp³-hybridized carbons (Fsp3) is 0.727. The van der Waals surface area contributed by atoms with Crippen LogP contribution in [0, 0.1) is 5.92 Å². The second-order valence-electron chi connectivity index (χ2n) is 4.46. The van der Waals surface area contributed by atoms with Crippen LogP contribution in [0.4, 0.5) is 0 Å². The van der Waals surface area contributed by atoms with Crippen LogP contribution >= 0.6 is 11.8 Å². The van der Waals surface area contributed by atoms with Gasteiger partial charge in [-0.2, -0.15) is 11.8 Å². The molecule has 3 nitrogen and oxygen atoms in total. The van der Waals surface area contributed by atoms with Crippen LogP contribution < -0.4 is 5.32 Å². The molecule has 2 aliphatic heterocycles. The number of oxazole rings is 1. The van der Waals surface area contributed by atoms with Gasteiger partial charge in [0.15, 0.2) is 5.89 Å². The molecule has 2 fully saturated rings. The van der Waals surface area contributed by atoms with Crippen molar-refractivity contribution in [3.8, 4) is 0 Å². The van der Waals surface area contributed by atoms with E-state index in [1.807, 2.05) is 18.0 Å². The van der Waals surface area contributed by atoms with Gasteiger partial charge in [0.25, 0.3) is 0 Å². The highest BCUT2D eigenvalue weighted by atomic mass is 32.2. The van der Waals surface area contributed by atoms with Gasteiger partial charge in [0.05, 0.1) is 5.69 Å². The van der Waals surface area contributed by atoms with E-state index in [1.165, 1.54) is 23.6 Å². The summed E-state index contributed by atoms with van der Waals surface area (Å²) in [6.07, 6.45) is 4.15. The lowest BCUT2D eigenvalue weighted by Crippen LogP contribution is -2.43. The van der Waals surface area contributed by atoms with Gasteiger partial charge in [-0.15, -0.1) is 0 Å². The van der Waals surface area contributed by atoms with Crippen LogP contribution in [0.2, 0.25) is 0 Å². The van der Waals surface area contributed by atoms with Crippen molar-refractivity contribution in [3.63, 3.8) is 0 Å². The van der Waals surface area contributed by atoms with E-state index < -0.39 is 0 Å². The Kier molecular flexibility index (Phi) is 2.71. The average Bonchev–Trinajstić information content (AvgIpc) is 2.82. The van der Waals surface area contributed by atoms with Gasteiger partial charge in [0.2, 0.25) is 0 Å². The third-order valence-electron chi connectivity index (χ3n) is 3.25. The van der Waals surface area contributed by atoms with Crippen molar-refractivity contribution < 1.29 is 4.42 Å². The molecule has 1 unspecified atom stereocenters. The van der Waals surface area contributed by atoms with Crippen LogP contribution in [0.25, 0.3) is 0 Å². The molecule has 3 heterocycles. The largest absolute Gasteiger partial charge is 0.449 e. The van der Waals surface area contributed by atoms with Crippen molar-refractivity contribution in [3.05, 3.63) is 17.8 Å². The molecule has 82 valence electrons. The summed E-state index contributed by atoms with van der Waals surface area (Å²) < 4.78 is 5.54. The zero-order chi connectivity index (χ0) is 10.1. The highest BCUT2D eigenvalue weighted by Gasteiger charge is 2.23. The highest BCUT2D eigenvalue weighted by molar-refractivity contribution is 7.99. The van der Waals surface area contributed by atoms with Crippen LogP contribution in [0.15, 0.2) is 10.7 Å². The van der Waals surface area contributed by atoms with Crippen LogP contribution in [0.1, 0.15) is 23.9 Å². The van der Waals surface area contributed by atoms with Gasteiger partial charge in [-0.05, 0) is 31.2 Å². The number of nitrogens with one attached hydrogen (secondary N) is 1. The summed E-state index contributed by atoms with van der Waals surface area (Å²) in [6, 6.07) is 0. The number of thioether (sulfide) groups is 1. The number of hydrogen-bond acceptors (Lipinski definition) is 4. The molecular weight excluding hydrogens is 208 g/mol. The van der Waals surface area contributed by atoms with Gasteiger partial charge in [0.1, 0.15) is 6.26 Å². The first-order valence-corrected chi connectivity index (χ1v) is 6.80. The first-order valence-electron chi connectivity index (χ1n) is 5.64. The molecule has 1 N–H and O–H groups in total. The van der Waals surface area contributed by atoms with E-state index in [4.69, 9.17) is 4.42 Å². The van der Waals surface area contributed by atoms with E-state index in [-0.39, 0.29) is 0 Å². The monoisotopic (exact) mass is 224 g/mol. The molecule has 0 radical (unpaired) electrons. The topological polar surface area (TPSA) is 38.1 Å². The Labute approximate surface area is 94.0 Å². The lowest BCUT2D eigenvalue weighted by atomic mass is 9.99. The summed E-state index contributed by atoms with van der Waals surface area (Å²) in [4.78, 5) is 4.61. The van der Waals surface area contributed by atoms with Crippen molar-refractivity contribution >= 4 is 11.8 Å². The standard InChI is InChI=1S/C11H16N2OS/c1-2-15-7-9(1)10-6-14-11(13-10)3-8-4-12-5-8/h6,8-9,12H,1-5,7H2. The van der Waals surface area contributed by atoms with Crippen LogP contribution in [-0.2, 0) is 6.42 Å². The molecule has 4 heteroatoms. The summed E-state index contributed by atoms with van der Waals surface area (Å²) in [5.74, 6) is 4.82. The average molecular weight is 224 g/mol. The molecule has 0 aromatic carbocycles. The van der Waals surface area contributed by atoms with E-state index in [2.05, 4.69) is 10.3 Å². The molecule has 1 atom stereocenters. The fourth-order valence-corrected chi connectivity index (χ4v) is 3.35. The Balaban J connectivity index is 1.64. The molecule has 2 saturated heterocycles. The summed E-state index contributed by atoms with van der Waals surface area (Å²) in [6.45, 7) is 2.24. The molecule has 0 saturated carbocycles. The molecular formula is C11H16N2OS. The van der Waals surface area contributed by atoms with Gasteiger partial charge in [-0.25, -0.2) is 4.98 Å². The highest BCUT2D eigenvalue weighted by Crippen LogP contribution is 2.31. The van der Waals surface area contributed by atoms with E-state index in [0.717, 1.165) is 31.3 Å². The molecule has 3 rings (SSSR count). The molecule has 0 spiro atoms. The summed E-state index contributed by atoms with van der Waals surface area (Å²) >= 11 is 2.02. The molecule has 1 aromatic rings. The normalized spacial score (nSPS) is 26.8. The minimum atomic E-state index is 0.645. The molecule has 0 aliphatic carbocycles. The van der Waals surface area contributed by atoms with Crippen molar-refractivity contribution in [2.24, 2.45) is 5.92 Å². The van der Waals surface area contributed by atoms with E-state index in [0.29, 0.717) is 5.92 Å². The fourth-order valence-electron chi connectivity index (χ4n) is 2.11. The van der Waals surface area contributed by atoms with Gasteiger partial charge in [-0.1, -0.05) is 0 Å². The second-order valence-corrected chi connectivity index (χ2v) is 5.60. The van der Waals surface area contributed by atoms with Gasteiger partial charge >= 0.3 is 0 Å². The van der Waals surface area contributed by atoms with Crippen molar-refractivity contribution in [2.45, 2.75) is 18.8 Å². The minimum absolute atomic E-state index is 0.645. The first-order chi connectivity index (χ1) is 7.42. The molecule has 0 bridgehead atoms. The molecule has 15 heavy (non-hydrogen) atoms. The predicted octanol–water partition coefficient (Wildman–Crippen LogP) is 1.66. The summed E-state index contributed by atoms with van der Waals surface area (Å²) in [7, 11) is 0. The Morgan fingerprint density at radius 2 is 2.47 bits per heavy atom. The third kappa shape index (κ3) is 2.06. The maximum Gasteiger partial charge on any atom is 0.194 e. The SMILES string of the molecule is c1oc(CC2CNC2)nc1C1CCSC1. The summed E-state index contributed by atoms with van der Waals surface area (Å²) in [5.41, 5.74) is 1.18. The maximum atomic E-state index is 5.54. The van der Waals surface area contributed by atoms with Crippen LogP contribution in [0.5, 0.6) is 0 Å². The molecule has 1 aromatic heterocycles. The van der Waals surface area contributed by atoms with Crippen molar-refractivity contribution in [1.29, 1.82) is 0 Å². The molecule has 0 amide bonds. The number of nitrogens with zero attached hydrogens (tertiary/aromatic N) is 1. The zero-order valence-electron chi connectivity index (χ0n) is 8.74. The lowest BCUT2D eigenvalue weighted by Gasteiger charge is -2.25. The quantitative estimate of drug-likeness (QED) is 0.847.